The molecule has 1 atom stereocenters. The Balaban J connectivity index is 1.93. The molecule has 2 aromatic carbocycles. The third kappa shape index (κ3) is 1.34. The lowest BCUT2D eigenvalue weighted by atomic mass is 10.0. The van der Waals surface area contributed by atoms with Gasteiger partial charge in [0.15, 0.2) is 0 Å². The van der Waals surface area contributed by atoms with E-state index in [0.29, 0.717) is 6.04 Å². The zero-order chi connectivity index (χ0) is 14.1. The van der Waals surface area contributed by atoms with Gasteiger partial charge < -0.3 is 0 Å². The Hall–Kier alpha value is -2.13. The molecule has 0 amide bonds. The molecule has 2 aromatic heterocycles. The quantitative estimate of drug-likeness (QED) is 0.428. The topological polar surface area (TPSA) is 8.81 Å². The molecule has 0 bridgehead atoms. The highest BCUT2D eigenvalue weighted by Crippen LogP contribution is 2.43. The Bertz CT molecular complexity index is 1020. The Kier molecular flexibility index (Phi) is 2.05. The number of hydrogen-bond acceptors (Lipinski definition) is 1. The highest BCUT2D eigenvalue weighted by molar-refractivity contribution is 7.25. The van der Waals surface area contributed by atoms with Crippen LogP contribution in [0.5, 0.6) is 0 Å². The lowest BCUT2D eigenvalue weighted by Gasteiger charge is -2.03. The van der Waals surface area contributed by atoms with Crippen LogP contribution in [0.3, 0.4) is 0 Å². The summed E-state index contributed by atoms with van der Waals surface area (Å²) in [6.07, 6.45) is 4.33. The summed E-state index contributed by atoms with van der Waals surface area (Å²) in [5.41, 5.74) is 2.83. The van der Waals surface area contributed by atoms with Crippen LogP contribution >= 0.6 is 11.3 Å². The van der Waals surface area contributed by atoms with Crippen LogP contribution in [-0.4, -0.2) is 4.57 Å². The van der Waals surface area contributed by atoms with E-state index in [0.717, 1.165) is 0 Å². The van der Waals surface area contributed by atoms with Gasteiger partial charge in [0.1, 0.15) is 18.4 Å². The van der Waals surface area contributed by atoms with Crippen molar-refractivity contribution in [2.24, 2.45) is 7.05 Å². The first-order valence-corrected chi connectivity index (χ1v) is 8.08. The summed E-state index contributed by atoms with van der Waals surface area (Å²) in [6.45, 7) is 2.29. The average Bonchev–Trinajstić information content (AvgIpc) is 3.12. The summed E-state index contributed by atoms with van der Waals surface area (Å²) >= 11 is 1.89. The van der Waals surface area contributed by atoms with Gasteiger partial charge in [0.05, 0.1) is 12.6 Å². The summed E-state index contributed by atoms with van der Waals surface area (Å²) in [6, 6.07) is 13.9. The molecular formula is C18H15N2S+. The van der Waals surface area contributed by atoms with E-state index in [1.54, 1.807) is 0 Å². The number of rotatable bonds is 0. The molecule has 0 saturated carbocycles. The van der Waals surface area contributed by atoms with Gasteiger partial charge in [-0.25, -0.2) is 9.13 Å². The van der Waals surface area contributed by atoms with E-state index in [1.165, 1.54) is 37.1 Å². The average molecular weight is 291 g/mol. The van der Waals surface area contributed by atoms with Crippen molar-refractivity contribution in [3.8, 4) is 11.4 Å². The third-order valence-corrected chi connectivity index (χ3v) is 5.82. The summed E-state index contributed by atoms with van der Waals surface area (Å²) in [5, 5.41) is 2.78. The van der Waals surface area contributed by atoms with E-state index in [9.17, 15) is 0 Å². The molecule has 0 aliphatic carbocycles. The molecule has 0 radical (unpaired) electrons. The second kappa shape index (κ2) is 3.74. The standard InChI is InChI=1S/C18H15N2S/c1-11-13-9-14-12-5-3-4-6-16(12)21-17(14)10-15(13)18-19(2)7-8-20(11)18/h3-11H,1-2H3/q+1. The van der Waals surface area contributed by atoms with Crippen LogP contribution in [0.15, 0.2) is 48.8 Å². The van der Waals surface area contributed by atoms with Crippen LogP contribution in [0.2, 0.25) is 0 Å². The summed E-state index contributed by atoms with van der Waals surface area (Å²) in [4.78, 5) is 0. The predicted molar refractivity (Wildman–Crippen MR) is 87.7 cm³/mol. The molecule has 5 rings (SSSR count). The highest BCUT2D eigenvalue weighted by Gasteiger charge is 2.34. The van der Waals surface area contributed by atoms with E-state index in [4.69, 9.17) is 0 Å². The largest absolute Gasteiger partial charge is 0.289 e. The minimum absolute atomic E-state index is 0.416. The molecule has 21 heavy (non-hydrogen) atoms. The zero-order valence-electron chi connectivity index (χ0n) is 12.0. The molecule has 0 fully saturated rings. The fourth-order valence-corrected chi connectivity index (χ4v) is 4.74. The van der Waals surface area contributed by atoms with E-state index in [1.807, 2.05) is 11.3 Å². The van der Waals surface area contributed by atoms with Crippen LogP contribution in [0, 0.1) is 0 Å². The maximum absolute atomic E-state index is 2.40. The summed E-state index contributed by atoms with van der Waals surface area (Å²) < 4.78 is 7.36. The van der Waals surface area contributed by atoms with Crippen molar-refractivity contribution in [1.82, 2.24) is 4.57 Å². The lowest BCUT2D eigenvalue weighted by molar-refractivity contribution is -0.659. The lowest BCUT2D eigenvalue weighted by Crippen LogP contribution is -2.27. The number of hydrogen-bond donors (Lipinski definition) is 0. The first kappa shape index (κ1) is 11.5. The number of aromatic nitrogens is 2. The molecule has 0 spiro atoms. The molecule has 2 nitrogen and oxygen atoms in total. The maximum Gasteiger partial charge on any atom is 0.289 e. The van der Waals surface area contributed by atoms with Crippen molar-refractivity contribution >= 4 is 31.5 Å². The van der Waals surface area contributed by atoms with Crippen LogP contribution in [0.4, 0.5) is 0 Å². The van der Waals surface area contributed by atoms with Crippen molar-refractivity contribution in [2.75, 3.05) is 0 Å². The van der Waals surface area contributed by atoms with Gasteiger partial charge in [-0.1, -0.05) is 18.2 Å². The monoisotopic (exact) mass is 291 g/mol. The van der Waals surface area contributed by atoms with Crippen LogP contribution in [0.1, 0.15) is 18.5 Å². The minimum atomic E-state index is 0.416. The molecule has 0 N–H and O–H groups in total. The van der Waals surface area contributed by atoms with E-state index >= 15 is 0 Å². The SMILES string of the molecule is CC1c2cc3c(cc2-c2n1cc[n+]2C)sc1ccccc13. The second-order valence-corrected chi connectivity index (χ2v) is 6.93. The van der Waals surface area contributed by atoms with Crippen molar-refractivity contribution in [1.29, 1.82) is 0 Å². The minimum Gasteiger partial charge on any atom is -0.233 e. The third-order valence-electron chi connectivity index (χ3n) is 4.69. The van der Waals surface area contributed by atoms with Crippen molar-refractivity contribution in [3.05, 3.63) is 54.4 Å². The number of benzene rings is 2. The van der Waals surface area contributed by atoms with Gasteiger partial charge in [-0.05, 0) is 25.1 Å². The number of thiophene rings is 1. The Labute approximate surface area is 126 Å². The molecular weight excluding hydrogens is 276 g/mol. The summed E-state index contributed by atoms with van der Waals surface area (Å²) in [5.74, 6) is 1.32. The van der Waals surface area contributed by atoms with Crippen LogP contribution in [0.25, 0.3) is 31.6 Å². The Morgan fingerprint density at radius 3 is 2.86 bits per heavy atom. The Morgan fingerprint density at radius 2 is 1.95 bits per heavy atom. The number of imidazole rings is 1. The molecule has 102 valence electrons. The zero-order valence-corrected chi connectivity index (χ0v) is 12.8. The fourth-order valence-electron chi connectivity index (χ4n) is 3.61. The van der Waals surface area contributed by atoms with E-state index in [2.05, 4.69) is 71.9 Å². The van der Waals surface area contributed by atoms with Gasteiger partial charge in [-0.2, -0.15) is 0 Å². The molecule has 3 heterocycles. The van der Waals surface area contributed by atoms with Crippen molar-refractivity contribution in [3.63, 3.8) is 0 Å². The molecule has 1 unspecified atom stereocenters. The van der Waals surface area contributed by atoms with Crippen LogP contribution in [-0.2, 0) is 7.05 Å². The molecule has 3 heteroatoms. The predicted octanol–water partition coefficient (Wildman–Crippen LogP) is 4.27. The van der Waals surface area contributed by atoms with Crippen molar-refractivity contribution in [2.45, 2.75) is 13.0 Å². The number of fused-ring (bicyclic) bond motifs is 6. The first-order chi connectivity index (χ1) is 10.2. The summed E-state index contributed by atoms with van der Waals surface area (Å²) in [7, 11) is 2.13. The number of nitrogens with zero attached hydrogens (tertiary/aromatic N) is 2. The van der Waals surface area contributed by atoms with Gasteiger partial charge in [0.25, 0.3) is 5.82 Å². The van der Waals surface area contributed by atoms with E-state index in [-0.39, 0.29) is 0 Å². The van der Waals surface area contributed by atoms with E-state index < -0.39 is 0 Å². The molecule has 4 aromatic rings. The molecule has 1 aliphatic heterocycles. The van der Waals surface area contributed by atoms with Gasteiger partial charge >= 0.3 is 0 Å². The smallest absolute Gasteiger partial charge is 0.233 e. The Morgan fingerprint density at radius 1 is 1.10 bits per heavy atom. The fraction of sp³-hybridized carbons (Fsp3) is 0.167. The van der Waals surface area contributed by atoms with Crippen molar-refractivity contribution < 1.29 is 4.57 Å². The van der Waals surface area contributed by atoms with Gasteiger partial charge in [-0.15, -0.1) is 11.3 Å². The normalized spacial score (nSPS) is 16.6. The number of aryl methyl sites for hydroxylation is 1. The molecule has 0 saturated heterocycles. The highest BCUT2D eigenvalue weighted by atomic mass is 32.1. The van der Waals surface area contributed by atoms with Gasteiger partial charge in [0, 0.05) is 25.7 Å². The van der Waals surface area contributed by atoms with Crippen LogP contribution < -0.4 is 4.57 Å². The van der Waals surface area contributed by atoms with Gasteiger partial charge in [0.2, 0.25) is 0 Å². The maximum atomic E-state index is 2.40. The molecule has 1 aliphatic rings. The van der Waals surface area contributed by atoms with Gasteiger partial charge in [-0.3, -0.25) is 0 Å². The first-order valence-electron chi connectivity index (χ1n) is 7.26. The second-order valence-electron chi connectivity index (χ2n) is 5.85.